The maximum Gasteiger partial charge on any atom is 0.253 e. The second-order valence-corrected chi connectivity index (χ2v) is 10.0. The van der Waals surface area contributed by atoms with E-state index in [1.165, 1.54) is 12.1 Å². The van der Waals surface area contributed by atoms with Gasteiger partial charge in [0, 0.05) is 43.5 Å². The first-order valence-electron chi connectivity index (χ1n) is 10.9. The van der Waals surface area contributed by atoms with Crippen molar-refractivity contribution in [1.82, 2.24) is 29.8 Å². The SMILES string of the molecule is CS(=O)(=O)NCc1cccc2c1cnn2-c1nc2c(c(NCc3cccc(F)c3)n1)CNCC2. The van der Waals surface area contributed by atoms with Gasteiger partial charge in [-0.25, -0.2) is 22.5 Å². The number of aromatic nitrogens is 4. The van der Waals surface area contributed by atoms with Gasteiger partial charge in [-0.1, -0.05) is 24.3 Å². The standard InChI is InChI=1S/C23H24FN7O2S/c1-34(32,33)28-12-16-5-3-7-21-18(16)14-27-31(21)23-29-20-8-9-25-13-19(20)22(30-23)26-11-15-4-2-6-17(24)10-15/h2-7,10,14,25,28H,8-9,11-13H2,1H3,(H,26,29,30). The first-order valence-corrected chi connectivity index (χ1v) is 12.8. The van der Waals surface area contributed by atoms with Crippen LogP contribution in [-0.4, -0.2) is 41.0 Å². The van der Waals surface area contributed by atoms with Gasteiger partial charge < -0.3 is 10.6 Å². The number of anilines is 1. The lowest BCUT2D eigenvalue weighted by Crippen LogP contribution is -2.27. The van der Waals surface area contributed by atoms with E-state index in [2.05, 4.69) is 20.5 Å². The van der Waals surface area contributed by atoms with Gasteiger partial charge in [0.25, 0.3) is 5.95 Å². The molecule has 0 saturated carbocycles. The van der Waals surface area contributed by atoms with Gasteiger partial charge in [-0.2, -0.15) is 14.8 Å². The predicted molar refractivity (Wildman–Crippen MR) is 127 cm³/mol. The van der Waals surface area contributed by atoms with Crippen molar-refractivity contribution < 1.29 is 12.8 Å². The third kappa shape index (κ3) is 4.76. The van der Waals surface area contributed by atoms with Gasteiger partial charge in [-0.3, -0.25) is 0 Å². The molecule has 0 amide bonds. The lowest BCUT2D eigenvalue weighted by Gasteiger charge is -2.21. The van der Waals surface area contributed by atoms with Crippen LogP contribution in [0.25, 0.3) is 16.9 Å². The Balaban J connectivity index is 1.52. The molecule has 9 nitrogen and oxygen atoms in total. The predicted octanol–water partition coefficient (Wildman–Crippen LogP) is 2.26. The number of hydrogen-bond acceptors (Lipinski definition) is 7. The molecule has 0 atom stereocenters. The second-order valence-electron chi connectivity index (χ2n) is 8.21. The van der Waals surface area contributed by atoms with Crippen LogP contribution in [0, 0.1) is 5.82 Å². The fourth-order valence-corrected chi connectivity index (χ4v) is 4.45. The van der Waals surface area contributed by atoms with Crippen molar-refractivity contribution in [3.05, 3.63) is 76.9 Å². The highest BCUT2D eigenvalue weighted by atomic mass is 32.2. The molecule has 1 aliphatic heterocycles. The van der Waals surface area contributed by atoms with Crippen molar-refractivity contribution in [2.75, 3.05) is 18.1 Å². The molecule has 34 heavy (non-hydrogen) atoms. The minimum Gasteiger partial charge on any atom is -0.366 e. The Morgan fingerprint density at radius 3 is 2.82 bits per heavy atom. The summed E-state index contributed by atoms with van der Waals surface area (Å²) in [4.78, 5) is 9.55. The molecule has 0 saturated heterocycles. The molecule has 3 N–H and O–H groups in total. The molecule has 0 aliphatic carbocycles. The Morgan fingerprint density at radius 1 is 1.15 bits per heavy atom. The summed E-state index contributed by atoms with van der Waals surface area (Å²) in [5.74, 6) is 0.816. The van der Waals surface area contributed by atoms with Crippen molar-refractivity contribution in [2.45, 2.75) is 26.1 Å². The van der Waals surface area contributed by atoms with Crippen molar-refractivity contribution in [3.63, 3.8) is 0 Å². The number of benzene rings is 2. The maximum absolute atomic E-state index is 13.6. The monoisotopic (exact) mass is 481 g/mol. The molecule has 0 spiro atoms. The van der Waals surface area contributed by atoms with Crippen molar-refractivity contribution in [3.8, 4) is 5.95 Å². The average molecular weight is 482 g/mol. The molecule has 0 fully saturated rings. The number of rotatable bonds is 7. The maximum atomic E-state index is 13.6. The van der Waals surface area contributed by atoms with E-state index in [0.29, 0.717) is 24.9 Å². The molecule has 1 aliphatic rings. The van der Waals surface area contributed by atoms with Gasteiger partial charge in [0.2, 0.25) is 10.0 Å². The zero-order valence-corrected chi connectivity index (χ0v) is 19.4. The summed E-state index contributed by atoms with van der Waals surface area (Å²) < 4.78 is 40.9. The van der Waals surface area contributed by atoms with Gasteiger partial charge >= 0.3 is 0 Å². The molecule has 0 radical (unpaired) electrons. The molecule has 2 aromatic heterocycles. The topological polar surface area (TPSA) is 114 Å². The fraction of sp³-hybridized carbons (Fsp3) is 0.261. The largest absolute Gasteiger partial charge is 0.366 e. The van der Waals surface area contributed by atoms with Gasteiger partial charge in [-0.05, 0) is 29.3 Å². The Kier molecular flexibility index (Phi) is 5.98. The van der Waals surface area contributed by atoms with Crippen LogP contribution in [0.1, 0.15) is 22.4 Å². The van der Waals surface area contributed by atoms with Crippen LogP contribution in [-0.2, 0) is 36.1 Å². The number of nitrogens with one attached hydrogen (secondary N) is 3. The summed E-state index contributed by atoms with van der Waals surface area (Å²) >= 11 is 0. The molecule has 5 rings (SSSR count). The first-order chi connectivity index (χ1) is 16.4. The van der Waals surface area contributed by atoms with E-state index >= 15 is 0 Å². The third-order valence-corrected chi connectivity index (χ3v) is 6.36. The fourth-order valence-electron chi connectivity index (χ4n) is 4.04. The summed E-state index contributed by atoms with van der Waals surface area (Å²) in [6.07, 6.45) is 3.58. The Morgan fingerprint density at radius 2 is 2.00 bits per heavy atom. The van der Waals surface area contributed by atoms with Gasteiger partial charge in [0.1, 0.15) is 11.6 Å². The number of hydrogen-bond donors (Lipinski definition) is 3. The third-order valence-electron chi connectivity index (χ3n) is 5.69. The lowest BCUT2D eigenvalue weighted by molar-refractivity contribution is 0.588. The number of fused-ring (bicyclic) bond motifs is 2. The highest BCUT2D eigenvalue weighted by Gasteiger charge is 2.20. The van der Waals surface area contributed by atoms with Crippen molar-refractivity contribution >= 4 is 26.7 Å². The summed E-state index contributed by atoms with van der Waals surface area (Å²) in [6.45, 7) is 2.04. The highest BCUT2D eigenvalue weighted by Crippen LogP contribution is 2.25. The van der Waals surface area contributed by atoms with Gasteiger partial charge in [-0.15, -0.1) is 0 Å². The molecule has 3 heterocycles. The van der Waals surface area contributed by atoms with Crippen LogP contribution in [0.15, 0.2) is 48.7 Å². The van der Waals surface area contributed by atoms with E-state index in [1.807, 2.05) is 24.3 Å². The van der Waals surface area contributed by atoms with E-state index in [4.69, 9.17) is 9.97 Å². The van der Waals surface area contributed by atoms with Crippen LogP contribution in [0.5, 0.6) is 0 Å². The molecule has 4 aromatic rings. The van der Waals surface area contributed by atoms with Crippen molar-refractivity contribution in [2.24, 2.45) is 0 Å². The zero-order chi connectivity index (χ0) is 23.7. The number of sulfonamides is 1. The molecular formula is C23H24FN7O2S. The zero-order valence-electron chi connectivity index (χ0n) is 18.5. The average Bonchev–Trinajstić information content (AvgIpc) is 3.25. The summed E-state index contributed by atoms with van der Waals surface area (Å²) in [7, 11) is -3.32. The molecule has 2 aromatic carbocycles. The number of halogens is 1. The minimum atomic E-state index is -3.32. The van der Waals surface area contributed by atoms with E-state index in [0.717, 1.165) is 52.5 Å². The van der Waals surface area contributed by atoms with Crippen LogP contribution in [0.4, 0.5) is 10.2 Å². The van der Waals surface area contributed by atoms with Crippen molar-refractivity contribution in [1.29, 1.82) is 0 Å². The lowest BCUT2D eigenvalue weighted by atomic mass is 10.1. The Labute approximate surface area is 196 Å². The minimum absolute atomic E-state index is 0.166. The summed E-state index contributed by atoms with van der Waals surface area (Å²) in [5, 5.41) is 12.0. The Hall–Kier alpha value is -3.41. The number of nitrogens with zero attached hydrogens (tertiary/aromatic N) is 4. The van der Waals surface area contributed by atoms with Crippen LogP contribution < -0.4 is 15.4 Å². The van der Waals surface area contributed by atoms with Gasteiger partial charge in [0.15, 0.2) is 0 Å². The smallest absolute Gasteiger partial charge is 0.253 e. The van der Waals surface area contributed by atoms with E-state index in [-0.39, 0.29) is 12.4 Å². The van der Waals surface area contributed by atoms with Gasteiger partial charge in [0.05, 0.1) is 23.7 Å². The molecule has 11 heteroatoms. The van der Waals surface area contributed by atoms with Crippen LogP contribution in [0.3, 0.4) is 0 Å². The Bertz CT molecular complexity index is 1470. The molecule has 0 bridgehead atoms. The summed E-state index contributed by atoms with van der Waals surface area (Å²) in [5.41, 5.74) is 4.31. The molecule has 176 valence electrons. The van der Waals surface area contributed by atoms with Crippen LogP contribution in [0.2, 0.25) is 0 Å². The molecule has 0 unspecified atom stereocenters. The first kappa shape index (κ1) is 22.4. The molecular weight excluding hydrogens is 457 g/mol. The summed E-state index contributed by atoms with van der Waals surface area (Å²) in [6, 6.07) is 12.1. The quantitative estimate of drug-likeness (QED) is 0.371. The van der Waals surface area contributed by atoms with E-state index in [1.54, 1.807) is 16.9 Å². The normalized spacial score (nSPS) is 13.7. The van der Waals surface area contributed by atoms with E-state index < -0.39 is 10.0 Å². The van der Waals surface area contributed by atoms with E-state index in [9.17, 15) is 12.8 Å². The highest BCUT2D eigenvalue weighted by molar-refractivity contribution is 7.88. The second kappa shape index (κ2) is 9.09. The van der Waals surface area contributed by atoms with Crippen LogP contribution >= 0.6 is 0 Å².